The second kappa shape index (κ2) is 7.88. The summed E-state index contributed by atoms with van der Waals surface area (Å²) in [5, 5.41) is 6.06. The normalized spacial score (nSPS) is 12.3. The van der Waals surface area contributed by atoms with Crippen molar-refractivity contribution in [3.05, 3.63) is 23.4 Å². The number of hydrogen-bond donors (Lipinski definition) is 2. The number of nitrogens with zero attached hydrogens (tertiary/aromatic N) is 1. The average molecular weight is 277 g/mol. The van der Waals surface area contributed by atoms with Gasteiger partial charge in [0.15, 0.2) is 0 Å². The molecule has 0 radical (unpaired) electrons. The number of pyridine rings is 1. The van der Waals surface area contributed by atoms with Gasteiger partial charge in [-0.15, -0.1) is 0 Å². The molecule has 1 amide bonds. The van der Waals surface area contributed by atoms with Crippen LogP contribution in [0.25, 0.3) is 0 Å². The third kappa shape index (κ3) is 5.19. The van der Waals surface area contributed by atoms with Gasteiger partial charge >= 0.3 is 0 Å². The van der Waals surface area contributed by atoms with Crippen molar-refractivity contribution >= 4 is 11.7 Å². The van der Waals surface area contributed by atoms with Gasteiger partial charge in [0.05, 0.1) is 0 Å². The molecule has 0 aromatic carbocycles. The second-order valence-corrected chi connectivity index (χ2v) is 5.68. The first-order chi connectivity index (χ1) is 9.46. The molecular formula is C16H27N3O. The van der Waals surface area contributed by atoms with E-state index in [9.17, 15) is 4.79 Å². The van der Waals surface area contributed by atoms with E-state index in [2.05, 4.69) is 36.4 Å². The highest BCUT2D eigenvalue weighted by Crippen LogP contribution is 2.12. The molecule has 0 aliphatic rings. The van der Waals surface area contributed by atoms with Crippen LogP contribution in [0.3, 0.4) is 0 Å². The van der Waals surface area contributed by atoms with Crippen molar-refractivity contribution in [1.29, 1.82) is 0 Å². The van der Waals surface area contributed by atoms with Gasteiger partial charge in [-0.25, -0.2) is 4.98 Å². The number of nitrogens with one attached hydrogen (secondary N) is 2. The topological polar surface area (TPSA) is 54.0 Å². The molecule has 1 aromatic rings. The van der Waals surface area contributed by atoms with Crippen LogP contribution in [0, 0.1) is 5.92 Å². The van der Waals surface area contributed by atoms with Crippen molar-refractivity contribution in [2.75, 3.05) is 12.4 Å². The summed E-state index contributed by atoms with van der Waals surface area (Å²) in [6.07, 6.45) is 2.95. The third-order valence-electron chi connectivity index (χ3n) is 3.31. The molecule has 1 rings (SSSR count). The van der Waals surface area contributed by atoms with Crippen molar-refractivity contribution in [2.24, 2.45) is 5.92 Å². The molecule has 0 spiro atoms. The summed E-state index contributed by atoms with van der Waals surface area (Å²) in [5.74, 6) is 1.39. The van der Waals surface area contributed by atoms with Crippen molar-refractivity contribution in [3.63, 3.8) is 0 Å². The summed E-state index contributed by atoms with van der Waals surface area (Å²) >= 11 is 0. The molecule has 1 heterocycles. The Bertz CT molecular complexity index is 421. The van der Waals surface area contributed by atoms with E-state index >= 15 is 0 Å². The molecule has 0 saturated carbocycles. The maximum atomic E-state index is 12.3. The number of hydrogen-bond acceptors (Lipinski definition) is 3. The van der Waals surface area contributed by atoms with Crippen molar-refractivity contribution < 1.29 is 4.79 Å². The lowest BCUT2D eigenvalue weighted by Gasteiger charge is -2.15. The van der Waals surface area contributed by atoms with Gasteiger partial charge in [0.25, 0.3) is 5.91 Å². The van der Waals surface area contributed by atoms with Crippen molar-refractivity contribution in [3.8, 4) is 0 Å². The van der Waals surface area contributed by atoms with Crippen LogP contribution in [0.15, 0.2) is 12.1 Å². The Kier molecular flexibility index (Phi) is 6.49. The number of anilines is 1. The van der Waals surface area contributed by atoms with E-state index in [4.69, 9.17) is 0 Å². The number of amides is 1. The molecule has 0 aliphatic carbocycles. The Hall–Kier alpha value is -1.58. The molecule has 4 nitrogen and oxygen atoms in total. The lowest BCUT2D eigenvalue weighted by molar-refractivity contribution is 0.0937. The zero-order valence-electron chi connectivity index (χ0n) is 13.3. The molecule has 0 bridgehead atoms. The molecule has 2 N–H and O–H groups in total. The monoisotopic (exact) mass is 277 g/mol. The quantitative estimate of drug-likeness (QED) is 0.804. The highest BCUT2D eigenvalue weighted by Gasteiger charge is 2.12. The van der Waals surface area contributed by atoms with Gasteiger partial charge in [-0.1, -0.05) is 20.8 Å². The average Bonchev–Trinajstić information content (AvgIpc) is 2.44. The van der Waals surface area contributed by atoms with Gasteiger partial charge in [0, 0.05) is 24.3 Å². The summed E-state index contributed by atoms with van der Waals surface area (Å²) in [6, 6.07) is 3.86. The first-order valence-corrected chi connectivity index (χ1v) is 7.45. The van der Waals surface area contributed by atoms with Crippen molar-refractivity contribution in [2.45, 2.75) is 53.0 Å². The number of aromatic nitrogens is 1. The van der Waals surface area contributed by atoms with Gasteiger partial charge in [0.1, 0.15) is 5.82 Å². The van der Waals surface area contributed by atoms with Gasteiger partial charge < -0.3 is 10.6 Å². The van der Waals surface area contributed by atoms with E-state index in [1.54, 1.807) is 6.07 Å². The zero-order valence-corrected chi connectivity index (χ0v) is 13.3. The minimum Gasteiger partial charge on any atom is -0.373 e. The third-order valence-corrected chi connectivity index (χ3v) is 3.31. The summed E-state index contributed by atoms with van der Waals surface area (Å²) in [4.78, 5) is 16.7. The Balaban J connectivity index is 2.71. The maximum Gasteiger partial charge on any atom is 0.251 e. The van der Waals surface area contributed by atoms with E-state index < -0.39 is 0 Å². The largest absolute Gasteiger partial charge is 0.373 e. The van der Waals surface area contributed by atoms with Gasteiger partial charge in [-0.3, -0.25) is 4.79 Å². The zero-order chi connectivity index (χ0) is 15.1. The Morgan fingerprint density at radius 2 is 1.95 bits per heavy atom. The molecule has 0 fully saturated rings. The number of aryl methyl sites for hydroxylation is 1. The Morgan fingerprint density at radius 1 is 1.25 bits per heavy atom. The SMILES string of the molecule is CCc1cc(C(=O)NC(C)CCC(C)C)cc(NC)n1. The highest BCUT2D eigenvalue weighted by atomic mass is 16.1. The van der Waals surface area contributed by atoms with Crippen LogP contribution in [-0.2, 0) is 6.42 Å². The highest BCUT2D eigenvalue weighted by molar-refractivity contribution is 5.95. The molecule has 20 heavy (non-hydrogen) atoms. The van der Waals surface area contributed by atoms with Crippen LogP contribution < -0.4 is 10.6 Å². The molecule has 1 atom stereocenters. The fourth-order valence-corrected chi connectivity index (χ4v) is 1.99. The first kappa shape index (κ1) is 16.5. The lowest BCUT2D eigenvalue weighted by atomic mass is 10.0. The molecule has 112 valence electrons. The number of rotatable bonds is 7. The minimum absolute atomic E-state index is 0.0187. The van der Waals surface area contributed by atoms with Gasteiger partial charge in [0.2, 0.25) is 0 Å². The van der Waals surface area contributed by atoms with Crippen LogP contribution in [0.5, 0.6) is 0 Å². The molecular weight excluding hydrogens is 250 g/mol. The second-order valence-electron chi connectivity index (χ2n) is 5.68. The predicted octanol–water partition coefficient (Wildman–Crippen LogP) is 3.24. The lowest BCUT2D eigenvalue weighted by Crippen LogP contribution is -2.32. The predicted molar refractivity (Wildman–Crippen MR) is 84.2 cm³/mol. The molecule has 4 heteroatoms. The van der Waals surface area contributed by atoms with Crippen LogP contribution in [0.4, 0.5) is 5.82 Å². The van der Waals surface area contributed by atoms with E-state index in [0.717, 1.165) is 30.8 Å². The van der Waals surface area contributed by atoms with E-state index in [-0.39, 0.29) is 11.9 Å². The summed E-state index contributed by atoms with van der Waals surface area (Å²) in [6.45, 7) is 8.49. The fourth-order valence-electron chi connectivity index (χ4n) is 1.99. The molecule has 0 saturated heterocycles. The van der Waals surface area contributed by atoms with E-state index in [1.165, 1.54) is 0 Å². The number of carbonyl (C=O) groups is 1. The number of carbonyl (C=O) groups excluding carboxylic acids is 1. The standard InChI is InChI=1S/C16H27N3O/c1-6-14-9-13(10-15(17-5)19-14)16(20)18-12(4)8-7-11(2)3/h9-12H,6-8H2,1-5H3,(H,17,19)(H,18,20). The summed E-state index contributed by atoms with van der Waals surface area (Å²) < 4.78 is 0. The molecule has 0 aliphatic heterocycles. The molecule has 1 unspecified atom stereocenters. The van der Waals surface area contributed by atoms with Crippen LogP contribution in [0.1, 0.15) is 56.6 Å². The van der Waals surface area contributed by atoms with Crippen LogP contribution >= 0.6 is 0 Å². The summed E-state index contributed by atoms with van der Waals surface area (Å²) in [7, 11) is 1.81. The first-order valence-electron chi connectivity index (χ1n) is 7.45. The van der Waals surface area contributed by atoms with Crippen LogP contribution in [0.2, 0.25) is 0 Å². The summed E-state index contributed by atoms with van der Waals surface area (Å²) in [5.41, 5.74) is 1.61. The smallest absolute Gasteiger partial charge is 0.251 e. The van der Waals surface area contributed by atoms with Gasteiger partial charge in [-0.2, -0.15) is 0 Å². The Labute approximate surface area is 122 Å². The van der Waals surface area contributed by atoms with Crippen molar-refractivity contribution in [1.82, 2.24) is 10.3 Å². The maximum absolute atomic E-state index is 12.3. The van der Waals surface area contributed by atoms with E-state index in [0.29, 0.717) is 11.5 Å². The fraction of sp³-hybridized carbons (Fsp3) is 0.625. The van der Waals surface area contributed by atoms with E-state index in [1.807, 2.05) is 20.0 Å². The van der Waals surface area contributed by atoms with Gasteiger partial charge in [-0.05, 0) is 44.2 Å². The van der Waals surface area contributed by atoms with Crippen LogP contribution in [-0.4, -0.2) is 24.0 Å². The Morgan fingerprint density at radius 3 is 2.50 bits per heavy atom. The molecule has 1 aromatic heterocycles. The minimum atomic E-state index is -0.0187.